The summed E-state index contributed by atoms with van der Waals surface area (Å²) in [6.45, 7) is 1.40. The fourth-order valence-corrected chi connectivity index (χ4v) is 2.48. The molecular formula is C20H20N4O2. The van der Waals surface area contributed by atoms with Crippen molar-refractivity contribution >= 4 is 17.5 Å². The van der Waals surface area contributed by atoms with Crippen LogP contribution in [0.3, 0.4) is 0 Å². The van der Waals surface area contributed by atoms with Crippen molar-refractivity contribution < 1.29 is 9.59 Å². The van der Waals surface area contributed by atoms with Crippen LogP contribution in [0.2, 0.25) is 0 Å². The quantitative estimate of drug-likeness (QED) is 0.645. The Labute approximate surface area is 151 Å². The molecule has 1 heterocycles. The number of nitrogens with zero attached hydrogens (tertiary/aromatic N) is 2. The normalized spacial score (nSPS) is 10.3. The maximum atomic E-state index is 12.1. The predicted octanol–water partition coefficient (Wildman–Crippen LogP) is 2.96. The highest BCUT2D eigenvalue weighted by atomic mass is 16.2. The van der Waals surface area contributed by atoms with Gasteiger partial charge in [-0.2, -0.15) is 0 Å². The van der Waals surface area contributed by atoms with Crippen molar-refractivity contribution in [3.8, 4) is 0 Å². The molecule has 2 N–H and O–H groups in total. The van der Waals surface area contributed by atoms with Gasteiger partial charge in [-0.05, 0) is 42.8 Å². The van der Waals surface area contributed by atoms with E-state index in [1.54, 1.807) is 48.9 Å². The van der Waals surface area contributed by atoms with Gasteiger partial charge in [0.2, 0.25) is 0 Å². The van der Waals surface area contributed by atoms with Gasteiger partial charge in [0.05, 0.1) is 6.33 Å². The largest absolute Gasteiger partial charge is 0.352 e. The lowest BCUT2D eigenvalue weighted by atomic mass is 10.1. The van der Waals surface area contributed by atoms with Gasteiger partial charge in [0.1, 0.15) is 0 Å². The van der Waals surface area contributed by atoms with Gasteiger partial charge in [0.25, 0.3) is 11.8 Å². The number of amides is 2. The molecule has 2 aromatic carbocycles. The highest BCUT2D eigenvalue weighted by molar-refractivity contribution is 6.04. The van der Waals surface area contributed by atoms with Crippen LogP contribution in [0, 0.1) is 0 Å². The van der Waals surface area contributed by atoms with Gasteiger partial charge in [0.15, 0.2) is 0 Å². The molecule has 3 aromatic rings. The molecule has 132 valence electrons. The molecule has 0 aliphatic heterocycles. The number of aromatic nitrogens is 2. The number of imidazole rings is 1. The molecule has 0 saturated carbocycles. The Morgan fingerprint density at radius 1 is 0.923 bits per heavy atom. The second kappa shape index (κ2) is 8.62. The smallest absolute Gasteiger partial charge is 0.255 e. The van der Waals surface area contributed by atoms with Crippen molar-refractivity contribution in [3.05, 3.63) is 84.4 Å². The molecule has 6 nitrogen and oxygen atoms in total. The average molecular weight is 348 g/mol. The summed E-state index contributed by atoms with van der Waals surface area (Å²) in [6.07, 6.45) is 6.21. The summed E-state index contributed by atoms with van der Waals surface area (Å²) < 4.78 is 1.97. The molecule has 26 heavy (non-hydrogen) atoms. The Bertz CT molecular complexity index is 843. The summed E-state index contributed by atoms with van der Waals surface area (Å²) in [7, 11) is 0. The third kappa shape index (κ3) is 4.80. The second-order valence-corrected chi connectivity index (χ2v) is 5.81. The van der Waals surface area contributed by atoms with Gasteiger partial charge >= 0.3 is 0 Å². The van der Waals surface area contributed by atoms with Gasteiger partial charge < -0.3 is 15.2 Å². The van der Waals surface area contributed by atoms with Gasteiger partial charge in [-0.15, -0.1) is 0 Å². The van der Waals surface area contributed by atoms with Crippen LogP contribution in [0.25, 0.3) is 0 Å². The van der Waals surface area contributed by atoms with E-state index in [0.717, 1.165) is 13.0 Å². The van der Waals surface area contributed by atoms with Gasteiger partial charge in [-0.1, -0.05) is 18.2 Å². The van der Waals surface area contributed by atoms with E-state index in [0.29, 0.717) is 23.4 Å². The third-order valence-electron chi connectivity index (χ3n) is 3.88. The predicted molar refractivity (Wildman–Crippen MR) is 100 cm³/mol. The zero-order valence-electron chi connectivity index (χ0n) is 14.3. The van der Waals surface area contributed by atoms with E-state index >= 15 is 0 Å². The van der Waals surface area contributed by atoms with E-state index in [2.05, 4.69) is 15.6 Å². The van der Waals surface area contributed by atoms with Crippen LogP contribution < -0.4 is 10.6 Å². The lowest BCUT2D eigenvalue weighted by Crippen LogP contribution is -2.25. The van der Waals surface area contributed by atoms with E-state index < -0.39 is 0 Å². The average Bonchev–Trinajstić information content (AvgIpc) is 3.20. The van der Waals surface area contributed by atoms with E-state index in [4.69, 9.17) is 0 Å². The minimum absolute atomic E-state index is 0.128. The van der Waals surface area contributed by atoms with Crippen LogP contribution in [0.15, 0.2) is 73.3 Å². The lowest BCUT2D eigenvalue weighted by Gasteiger charge is -2.08. The van der Waals surface area contributed by atoms with Crippen molar-refractivity contribution in [2.45, 2.75) is 13.0 Å². The first kappa shape index (κ1) is 17.4. The Morgan fingerprint density at radius 2 is 1.65 bits per heavy atom. The minimum Gasteiger partial charge on any atom is -0.352 e. The fourth-order valence-electron chi connectivity index (χ4n) is 2.48. The van der Waals surface area contributed by atoms with E-state index in [-0.39, 0.29) is 11.8 Å². The topological polar surface area (TPSA) is 76.0 Å². The molecule has 0 bridgehead atoms. The van der Waals surface area contributed by atoms with E-state index in [1.807, 2.05) is 29.0 Å². The molecule has 0 aliphatic rings. The van der Waals surface area contributed by atoms with Crippen LogP contribution in [0.1, 0.15) is 27.1 Å². The van der Waals surface area contributed by atoms with Crippen LogP contribution in [0.4, 0.5) is 5.69 Å². The number of carbonyl (C=O) groups is 2. The molecule has 6 heteroatoms. The molecule has 2 amide bonds. The molecule has 0 saturated heterocycles. The van der Waals surface area contributed by atoms with Crippen LogP contribution >= 0.6 is 0 Å². The highest BCUT2D eigenvalue weighted by Gasteiger charge is 2.07. The van der Waals surface area contributed by atoms with E-state index in [9.17, 15) is 9.59 Å². The number of rotatable bonds is 7. The van der Waals surface area contributed by atoms with Crippen LogP contribution in [-0.2, 0) is 6.54 Å². The molecule has 0 spiro atoms. The van der Waals surface area contributed by atoms with Crippen molar-refractivity contribution in [1.82, 2.24) is 14.9 Å². The summed E-state index contributed by atoms with van der Waals surface area (Å²) in [5.74, 6) is -0.307. The first-order valence-corrected chi connectivity index (χ1v) is 8.43. The Morgan fingerprint density at radius 3 is 2.35 bits per heavy atom. The lowest BCUT2D eigenvalue weighted by molar-refractivity contribution is 0.0952. The molecule has 3 rings (SSSR count). The summed E-state index contributed by atoms with van der Waals surface area (Å²) >= 11 is 0. The second-order valence-electron chi connectivity index (χ2n) is 5.81. The van der Waals surface area contributed by atoms with Crippen molar-refractivity contribution in [1.29, 1.82) is 0 Å². The molecule has 0 atom stereocenters. The van der Waals surface area contributed by atoms with Crippen LogP contribution in [0.5, 0.6) is 0 Å². The summed E-state index contributed by atoms with van der Waals surface area (Å²) in [4.78, 5) is 28.2. The van der Waals surface area contributed by atoms with Crippen molar-refractivity contribution in [2.75, 3.05) is 11.9 Å². The van der Waals surface area contributed by atoms with Crippen molar-refractivity contribution in [3.63, 3.8) is 0 Å². The molecule has 0 aliphatic carbocycles. The number of hydrogen-bond acceptors (Lipinski definition) is 3. The maximum absolute atomic E-state index is 12.1. The number of anilines is 1. The number of carbonyl (C=O) groups excluding carboxylic acids is 2. The minimum atomic E-state index is -0.178. The standard InChI is InChI=1S/C20H20N4O2/c25-19(22-11-4-13-24-14-12-21-15-24)17-7-9-18(10-8-17)23-20(26)16-5-2-1-3-6-16/h1-3,5-10,12,14-15H,4,11,13H2,(H,22,25)(H,23,26). The van der Waals surface area contributed by atoms with Gasteiger partial charge in [-0.3, -0.25) is 9.59 Å². The molecule has 1 aromatic heterocycles. The first-order chi connectivity index (χ1) is 12.7. The zero-order chi connectivity index (χ0) is 18.2. The molecule has 0 unspecified atom stereocenters. The van der Waals surface area contributed by atoms with E-state index in [1.165, 1.54) is 0 Å². The first-order valence-electron chi connectivity index (χ1n) is 8.43. The third-order valence-corrected chi connectivity index (χ3v) is 3.88. The number of benzene rings is 2. The summed E-state index contributed by atoms with van der Waals surface area (Å²) in [6, 6.07) is 15.8. The van der Waals surface area contributed by atoms with Crippen molar-refractivity contribution in [2.24, 2.45) is 0 Å². The SMILES string of the molecule is O=C(NCCCn1ccnc1)c1ccc(NC(=O)c2ccccc2)cc1. The number of aryl methyl sites for hydroxylation is 1. The molecule has 0 fully saturated rings. The van der Waals surface area contributed by atoms with Gasteiger partial charge in [0, 0.05) is 42.3 Å². The zero-order valence-corrected chi connectivity index (χ0v) is 14.3. The summed E-state index contributed by atoms with van der Waals surface area (Å²) in [5.41, 5.74) is 1.80. The Balaban J connectivity index is 1.47. The molecule has 0 radical (unpaired) electrons. The number of nitrogens with one attached hydrogen (secondary N) is 2. The maximum Gasteiger partial charge on any atom is 0.255 e. The number of hydrogen-bond donors (Lipinski definition) is 2. The Kier molecular flexibility index (Phi) is 5.77. The fraction of sp³-hybridized carbons (Fsp3) is 0.150. The monoisotopic (exact) mass is 348 g/mol. The summed E-state index contributed by atoms with van der Waals surface area (Å²) in [5, 5.41) is 5.70. The van der Waals surface area contributed by atoms with Gasteiger partial charge in [-0.25, -0.2) is 4.98 Å². The highest BCUT2D eigenvalue weighted by Crippen LogP contribution is 2.11. The van der Waals surface area contributed by atoms with Crippen LogP contribution in [-0.4, -0.2) is 27.9 Å². The Hall–Kier alpha value is -3.41. The molecular weight excluding hydrogens is 328 g/mol.